The first-order valence-corrected chi connectivity index (χ1v) is 7.40. The lowest BCUT2D eigenvalue weighted by Crippen LogP contribution is -2.34. The summed E-state index contributed by atoms with van der Waals surface area (Å²) in [4.78, 5) is 2.35. The highest BCUT2D eigenvalue weighted by molar-refractivity contribution is 5.26. The van der Waals surface area contributed by atoms with E-state index < -0.39 is 6.10 Å². The number of nitrogens with zero attached hydrogens (tertiary/aromatic N) is 1. The molecule has 0 spiro atoms. The third-order valence-corrected chi connectivity index (χ3v) is 3.77. The Morgan fingerprint density at radius 2 is 2.15 bits per heavy atom. The SMILES string of the molecule is Cc1ccc(OCC(O)CNCC2CCN(C)C2)cc1. The Hall–Kier alpha value is -1.10. The van der Waals surface area contributed by atoms with E-state index in [1.54, 1.807) is 0 Å². The maximum absolute atomic E-state index is 9.89. The van der Waals surface area contributed by atoms with Crippen molar-refractivity contribution in [3.05, 3.63) is 29.8 Å². The molecule has 0 amide bonds. The zero-order valence-electron chi connectivity index (χ0n) is 12.5. The Morgan fingerprint density at radius 1 is 1.40 bits per heavy atom. The molecule has 1 heterocycles. The topological polar surface area (TPSA) is 44.7 Å². The van der Waals surface area contributed by atoms with Crippen LogP contribution in [0, 0.1) is 12.8 Å². The molecule has 1 aliphatic rings. The number of benzene rings is 1. The van der Waals surface area contributed by atoms with E-state index in [1.807, 2.05) is 31.2 Å². The van der Waals surface area contributed by atoms with Gasteiger partial charge in [0, 0.05) is 13.1 Å². The molecule has 2 rings (SSSR count). The van der Waals surface area contributed by atoms with Crippen molar-refractivity contribution in [3.63, 3.8) is 0 Å². The third-order valence-electron chi connectivity index (χ3n) is 3.77. The van der Waals surface area contributed by atoms with E-state index >= 15 is 0 Å². The first-order chi connectivity index (χ1) is 9.63. The van der Waals surface area contributed by atoms with Crippen molar-refractivity contribution in [2.75, 3.05) is 39.8 Å². The smallest absolute Gasteiger partial charge is 0.119 e. The lowest BCUT2D eigenvalue weighted by Gasteiger charge is -2.15. The van der Waals surface area contributed by atoms with Crippen molar-refractivity contribution in [3.8, 4) is 5.75 Å². The molecule has 4 nitrogen and oxygen atoms in total. The molecule has 2 atom stereocenters. The second-order valence-electron chi connectivity index (χ2n) is 5.85. The van der Waals surface area contributed by atoms with E-state index in [0.717, 1.165) is 18.8 Å². The number of likely N-dealkylation sites (tertiary alicyclic amines) is 1. The van der Waals surface area contributed by atoms with Gasteiger partial charge in [0.2, 0.25) is 0 Å². The summed E-state index contributed by atoms with van der Waals surface area (Å²) < 4.78 is 5.56. The summed E-state index contributed by atoms with van der Waals surface area (Å²) in [5.41, 5.74) is 1.21. The molecular weight excluding hydrogens is 252 g/mol. The Kier molecular flexibility index (Phi) is 5.83. The molecule has 0 bridgehead atoms. The molecule has 0 aliphatic carbocycles. The van der Waals surface area contributed by atoms with Gasteiger partial charge < -0.3 is 20.1 Å². The van der Waals surface area contributed by atoms with Crippen LogP contribution in [0.1, 0.15) is 12.0 Å². The van der Waals surface area contributed by atoms with Gasteiger partial charge in [-0.1, -0.05) is 17.7 Å². The summed E-state index contributed by atoms with van der Waals surface area (Å²) in [5.74, 6) is 1.53. The van der Waals surface area contributed by atoms with E-state index in [-0.39, 0.29) is 0 Å². The second kappa shape index (κ2) is 7.62. The van der Waals surface area contributed by atoms with Crippen LogP contribution in [0.3, 0.4) is 0 Å². The molecule has 1 aliphatic heterocycles. The summed E-state index contributed by atoms with van der Waals surface area (Å²) in [5, 5.41) is 13.2. The van der Waals surface area contributed by atoms with Crippen LogP contribution in [-0.4, -0.2) is 55.9 Å². The number of aliphatic hydroxyl groups is 1. The van der Waals surface area contributed by atoms with Gasteiger partial charge in [-0.2, -0.15) is 0 Å². The fourth-order valence-corrected chi connectivity index (χ4v) is 2.53. The fraction of sp³-hybridized carbons (Fsp3) is 0.625. The lowest BCUT2D eigenvalue weighted by atomic mass is 10.1. The number of hydrogen-bond acceptors (Lipinski definition) is 4. The number of nitrogens with one attached hydrogen (secondary N) is 1. The van der Waals surface area contributed by atoms with Crippen molar-refractivity contribution in [1.29, 1.82) is 0 Å². The third kappa shape index (κ3) is 5.12. The summed E-state index contributed by atoms with van der Waals surface area (Å²) in [7, 11) is 2.16. The summed E-state index contributed by atoms with van der Waals surface area (Å²) in [6.07, 6.45) is 0.787. The maximum Gasteiger partial charge on any atom is 0.119 e. The molecule has 0 radical (unpaired) electrons. The molecule has 2 unspecified atom stereocenters. The second-order valence-corrected chi connectivity index (χ2v) is 5.85. The molecule has 0 aromatic heterocycles. The van der Waals surface area contributed by atoms with Gasteiger partial charge in [-0.05, 0) is 51.5 Å². The minimum atomic E-state index is -0.463. The molecular formula is C16H26N2O2. The molecule has 112 valence electrons. The zero-order chi connectivity index (χ0) is 14.4. The lowest BCUT2D eigenvalue weighted by molar-refractivity contribution is 0.105. The van der Waals surface area contributed by atoms with Gasteiger partial charge in [-0.25, -0.2) is 0 Å². The number of aliphatic hydroxyl groups excluding tert-OH is 1. The molecule has 0 saturated carbocycles. The molecule has 1 fully saturated rings. The summed E-state index contributed by atoms with van der Waals surface area (Å²) in [6.45, 7) is 6.29. The maximum atomic E-state index is 9.89. The van der Waals surface area contributed by atoms with Gasteiger partial charge in [0.1, 0.15) is 18.5 Å². The number of rotatable bonds is 7. The van der Waals surface area contributed by atoms with E-state index in [2.05, 4.69) is 17.3 Å². The Labute approximate surface area is 121 Å². The van der Waals surface area contributed by atoms with Gasteiger partial charge in [0.25, 0.3) is 0 Å². The monoisotopic (exact) mass is 278 g/mol. The van der Waals surface area contributed by atoms with Crippen molar-refractivity contribution >= 4 is 0 Å². The average Bonchev–Trinajstić information content (AvgIpc) is 2.84. The van der Waals surface area contributed by atoms with Crippen LogP contribution in [-0.2, 0) is 0 Å². The first-order valence-electron chi connectivity index (χ1n) is 7.40. The van der Waals surface area contributed by atoms with Gasteiger partial charge >= 0.3 is 0 Å². The number of ether oxygens (including phenoxy) is 1. The van der Waals surface area contributed by atoms with E-state index in [1.165, 1.54) is 18.5 Å². The van der Waals surface area contributed by atoms with Crippen molar-refractivity contribution in [1.82, 2.24) is 10.2 Å². The Morgan fingerprint density at radius 3 is 2.80 bits per heavy atom. The zero-order valence-corrected chi connectivity index (χ0v) is 12.5. The van der Waals surface area contributed by atoms with E-state index in [4.69, 9.17) is 4.74 Å². The minimum Gasteiger partial charge on any atom is -0.491 e. The largest absolute Gasteiger partial charge is 0.491 e. The summed E-state index contributed by atoms with van der Waals surface area (Å²) in [6, 6.07) is 7.89. The molecule has 1 saturated heterocycles. The van der Waals surface area contributed by atoms with Gasteiger partial charge in [-0.15, -0.1) is 0 Å². The van der Waals surface area contributed by atoms with Gasteiger partial charge in [-0.3, -0.25) is 0 Å². The van der Waals surface area contributed by atoms with Crippen molar-refractivity contribution < 1.29 is 9.84 Å². The minimum absolute atomic E-state index is 0.334. The van der Waals surface area contributed by atoms with E-state index in [9.17, 15) is 5.11 Å². The number of hydrogen-bond donors (Lipinski definition) is 2. The Bertz CT molecular complexity index is 394. The van der Waals surface area contributed by atoms with Crippen LogP contribution in [0.4, 0.5) is 0 Å². The van der Waals surface area contributed by atoms with Crippen LogP contribution in [0.2, 0.25) is 0 Å². The van der Waals surface area contributed by atoms with Crippen molar-refractivity contribution in [2.24, 2.45) is 5.92 Å². The quantitative estimate of drug-likeness (QED) is 0.788. The van der Waals surface area contributed by atoms with Crippen LogP contribution in [0.25, 0.3) is 0 Å². The van der Waals surface area contributed by atoms with Crippen LogP contribution in [0.15, 0.2) is 24.3 Å². The fourth-order valence-electron chi connectivity index (χ4n) is 2.53. The van der Waals surface area contributed by atoms with Gasteiger partial charge in [0.05, 0.1) is 0 Å². The molecule has 1 aromatic carbocycles. The number of aryl methyl sites for hydroxylation is 1. The molecule has 20 heavy (non-hydrogen) atoms. The van der Waals surface area contributed by atoms with Crippen LogP contribution < -0.4 is 10.1 Å². The van der Waals surface area contributed by atoms with Crippen LogP contribution >= 0.6 is 0 Å². The molecule has 1 aromatic rings. The molecule has 4 heteroatoms. The predicted molar refractivity (Wildman–Crippen MR) is 81.2 cm³/mol. The van der Waals surface area contributed by atoms with Crippen LogP contribution in [0.5, 0.6) is 5.75 Å². The normalized spacial score (nSPS) is 21.1. The molecule has 2 N–H and O–H groups in total. The van der Waals surface area contributed by atoms with Gasteiger partial charge in [0.15, 0.2) is 0 Å². The standard InChI is InChI=1S/C16H26N2O2/c1-13-3-5-16(6-4-13)20-12-15(19)10-17-9-14-7-8-18(2)11-14/h3-6,14-15,17,19H,7-12H2,1-2H3. The predicted octanol–water partition coefficient (Wildman–Crippen LogP) is 1.28. The van der Waals surface area contributed by atoms with E-state index in [0.29, 0.717) is 19.1 Å². The highest BCUT2D eigenvalue weighted by Crippen LogP contribution is 2.13. The average molecular weight is 278 g/mol. The highest BCUT2D eigenvalue weighted by Gasteiger charge is 2.19. The first kappa shape index (κ1) is 15.3. The highest BCUT2D eigenvalue weighted by atomic mass is 16.5. The Balaban J connectivity index is 1.58. The summed E-state index contributed by atoms with van der Waals surface area (Å²) >= 11 is 0. The van der Waals surface area contributed by atoms with Crippen molar-refractivity contribution in [2.45, 2.75) is 19.4 Å².